The zero-order valence-electron chi connectivity index (χ0n) is 16.8. The Bertz CT molecular complexity index is 1130. The number of hydrogen-bond donors (Lipinski definition) is 0. The number of pyridine rings is 1. The molecule has 0 saturated carbocycles. The van der Waals surface area contributed by atoms with Crippen LogP contribution in [-0.4, -0.2) is 44.1 Å². The molecule has 0 saturated heterocycles. The van der Waals surface area contributed by atoms with Crippen LogP contribution in [0.3, 0.4) is 0 Å². The van der Waals surface area contributed by atoms with Crippen molar-refractivity contribution in [2.75, 3.05) is 14.2 Å². The van der Waals surface area contributed by atoms with E-state index >= 15 is 0 Å². The molecule has 0 aliphatic heterocycles. The molecule has 0 N–H and O–H groups in total. The van der Waals surface area contributed by atoms with Crippen LogP contribution in [0.1, 0.15) is 12.8 Å². The molecule has 154 valence electrons. The van der Waals surface area contributed by atoms with E-state index in [1.54, 1.807) is 26.6 Å². The third-order valence-electron chi connectivity index (χ3n) is 4.41. The van der Waals surface area contributed by atoms with Crippen molar-refractivity contribution in [3.63, 3.8) is 0 Å². The highest BCUT2D eigenvalue weighted by Gasteiger charge is 2.16. The van der Waals surface area contributed by atoms with Gasteiger partial charge >= 0.3 is 0 Å². The lowest BCUT2D eigenvalue weighted by molar-refractivity contribution is 0.355. The third kappa shape index (κ3) is 3.99. The minimum atomic E-state index is 0.481. The van der Waals surface area contributed by atoms with Crippen molar-refractivity contribution in [2.45, 2.75) is 24.4 Å². The normalized spacial score (nSPS) is 10.9. The minimum Gasteiger partial charge on any atom is -0.493 e. The molecular weight excluding hydrogens is 404 g/mol. The zero-order chi connectivity index (χ0) is 20.9. The molecule has 0 aliphatic carbocycles. The van der Waals surface area contributed by atoms with Crippen LogP contribution in [0, 0.1) is 0 Å². The summed E-state index contributed by atoms with van der Waals surface area (Å²) >= 11 is 1.50. The van der Waals surface area contributed by atoms with Crippen molar-refractivity contribution in [3.05, 3.63) is 48.6 Å². The monoisotopic (exact) mass is 424 g/mol. The second-order valence-electron chi connectivity index (χ2n) is 6.16. The number of benzene rings is 1. The summed E-state index contributed by atoms with van der Waals surface area (Å²) in [4.78, 5) is 8.54. The number of rotatable bonds is 8. The summed E-state index contributed by atoms with van der Waals surface area (Å²) in [6.45, 7) is 2.80. The lowest BCUT2D eigenvalue weighted by atomic mass is 10.2. The van der Waals surface area contributed by atoms with Gasteiger partial charge in [-0.05, 0) is 37.3 Å². The molecule has 3 aromatic heterocycles. The predicted molar refractivity (Wildman–Crippen MR) is 111 cm³/mol. The van der Waals surface area contributed by atoms with Gasteiger partial charge in [0.05, 0.1) is 20.0 Å². The summed E-state index contributed by atoms with van der Waals surface area (Å²) in [5.41, 5.74) is 1.75. The van der Waals surface area contributed by atoms with Crippen molar-refractivity contribution in [1.29, 1.82) is 0 Å². The Morgan fingerprint density at radius 2 is 1.80 bits per heavy atom. The van der Waals surface area contributed by atoms with Gasteiger partial charge in [0.15, 0.2) is 22.5 Å². The lowest BCUT2D eigenvalue weighted by Crippen LogP contribution is -2.00. The number of hydrogen-bond acceptors (Lipinski definition) is 9. The zero-order valence-corrected chi connectivity index (χ0v) is 17.6. The fourth-order valence-electron chi connectivity index (χ4n) is 2.93. The second-order valence-corrected chi connectivity index (χ2v) is 7.10. The van der Waals surface area contributed by atoms with Crippen molar-refractivity contribution < 1.29 is 14.0 Å². The molecular formula is C20H20N6O3S. The average molecular weight is 424 g/mol. The van der Waals surface area contributed by atoms with Gasteiger partial charge in [0.2, 0.25) is 11.7 Å². The summed E-state index contributed by atoms with van der Waals surface area (Å²) in [7, 11) is 3.18. The summed E-state index contributed by atoms with van der Waals surface area (Å²) in [5.74, 6) is 3.52. The maximum Gasteiger partial charge on any atom is 0.237 e. The van der Waals surface area contributed by atoms with Crippen LogP contribution in [0.2, 0.25) is 0 Å². The van der Waals surface area contributed by atoms with E-state index in [4.69, 9.17) is 14.0 Å². The first-order valence-electron chi connectivity index (χ1n) is 9.24. The van der Waals surface area contributed by atoms with E-state index in [2.05, 4.69) is 32.2 Å². The lowest BCUT2D eigenvalue weighted by Gasteiger charge is -2.07. The average Bonchev–Trinajstić information content (AvgIpc) is 3.44. The molecule has 0 unspecified atom stereocenters. The molecule has 0 atom stereocenters. The predicted octanol–water partition coefficient (Wildman–Crippen LogP) is 3.72. The number of methoxy groups -OCH3 is 2. The topological polar surface area (TPSA) is 101 Å². The quantitative estimate of drug-likeness (QED) is 0.392. The SMILES string of the molecule is CCn1c(SCc2nc(-c3ccc(OC)c(OC)c3)no2)nnc1-c1ccncc1. The summed E-state index contributed by atoms with van der Waals surface area (Å²) in [6, 6.07) is 9.31. The Kier molecular flexibility index (Phi) is 5.94. The van der Waals surface area contributed by atoms with E-state index in [0.717, 1.165) is 28.7 Å². The molecule has 0 fully saturated rings. The van der Waals surface area contributed by atoms with Crippen LogP contribution in [0.5, 0.6) is 11.5 Å². The molecule has 9 nitrogen and oxygen atoms in total. The molecule has 3 heterocycles. The van der Waals surface area contributed by atoms with Gasteiger partial charge in [0, 0.05) is 30.1 Å². The molecule has 30 heavy (non-hydrogen) atoms. The van der Waals surface area contributed by atoms with Crippen molar-refractivity contribution in [2.24, 2.45) is 0 Å². The molecule has 0 aliphatic rings. The number of thioether (sulfide) groups is 1. The fraction of sp³-hybridized carbons (Fsp3) is 0.250. The van der Waals surface area contributed by atoms with E-state index in [9.17, 15) is 0 Å². The fourth-order valence-corrected chi connectivity index (χ4v) is 3.77. The largest absolute Gasteiger partial charge is 0.493 e. The van der Waals surface area contributed by atoms with E-state index in [1.807, 2.05) is 34.9 Å². The summed E-state index contributed by atoms with van der Waals surface area (Å²) < 4.78 is 18.1. The molecule has 0 amide bonds. The highest BCUT2D eigenvalue weighted by Crippen LogP contribution is 2.32. The maximum atomic E-state index is 5.42. The van der Waals surface area contributed by atoms with E-state index in [-0.39, 0.29) is 0 Å². The van der Waals surface area contributed by atoms with E-state index in [0.29, 0.717) is 29.0 Å². The minimum absolute atomic E-state index is 0.481. The van der Waals surface area contributed by atoms with Gasteiger partial charge < -0.3 is 18.6 Å². The van der Waals surface area contributed by atoms with Crippen LogP contribution in [0.15, 0.2) is 52.4 Å². The van der Waals surface area contributed by atoms with Gasteiger partial charge in [-0.2, -0.15) is 4.98 Å². The van der Waals surface area contributed by atoms with Crippen molar-refractivity contribution in [1.82, 2.24) is 29.9 Å². The van der Waals surface area contributed by atoms with E-state index in [1.165, 1.54) is 11.8 Å². The molecule has 0 spiro atoms. The summed E-state index contributed by atoms with van der Waals surface area (Å²) in [5, 5.41) is 13.5. The first-order valence-corrected chi connectivity index (χ1v) is 10.2. The van der Waals surface area contributed by atoms with Gasteiger partial charge in [-0.15, -0.1) is 10.2 Å². The Balaban J connectivity index is 1.50. The highest BCUT2D eigenvalue weighted by atomic mass is 32.2. The third-order valence-corrected chi connectivity index (χ3v) is 5.36. The Hall–Kier alpha value is -3.40. The van der Waals surface area contributed by atoms with Crippen LogP contribution in [0.4, 0.5) is 0 Å². The molecule has 0 radical (unpaired) electrons. The first-order chi connectivity index (χ1) is 14.7. The van der Waals surface area contributed by atoms with Crippen LogP contribution >= 0.6 is 11.8 Å². The van der Waals surface area contributed by atoms with Gasteiger partial charge in [0.1, 0.15) is 0 Å². The standard InChI is InChI=1S/C20H20N6O3S/c1-4-26-19(13-7-9-21-10-8-13)23-24-20(26)30-12-17-22-18(25-29-17)14-5-6-15(27-2)16(11-14)28-3/h5-11H,4,12H2,1-3H3. The summed E-state index contributed by atoms with van der Waals surface area (Å²) in [6.07, 6.45) is 3.48. The van der Waals surface area contributed by atoms with Gasteiger partial charge in [-0.25, -0.2) is 0 Å². The van der Waals surface area contributed by atoms with Gasteiger partial charge in [-0.3, -0.25) is 4.98 Å². The highest BCUT2D eigenvalue weighted by molar-refractivity contribution is 7.98. The van der Waals surface area contributed by atoms with Crippen LogP contribution < -0.4 is 9.47 Å². The van der Waals surface area contributed by atoms with E-state index < -0.39 is 0 Å². The maximum absolute atomic E-state index is 5.42. The van der Waals surface area contributed by atoms with Crippen molar-refractivity contribution in [3.8, 4) is 34.3 Å². The molecule has 10 heteroatoms. The van der Waals surface area contributed by atoms with Crippen LogP contribution in [-0.2, 0) is 12.3 Å². The number of ether oxygens (including phenoxy) is 2. The van der Waals surface area contributed by atoms with Crippen molar-refractivity contribution >= 4 is 11.8 Å². The Labute approximate surface area is 177 Å². The van der Waals surface area contributed by atoms with Crippen LogP contribution in [0.25, 0.3) is 22.8 Å². The Morgan fingerprint density at radius 3 is 2.53 bits per heavy atom. The second kappa shape index (κ2) is 8.95. The molecule has 4 rings (SSSR count). The van der Waals surface area contributed by atoms with Gasteiger partial charge in [-0.1, -0.05) is 16.9 Å². The molecule has 1 aromatic carbocycles. The molecule has 0 bridgehead atoms. The number of aromatic nitrogens is 6. The molecule has 4 aromatic rings. The Morgan fingerprint density at radius 1 is 1.00 bits per heavy atom. The first kappa shape index (κ1) is 19.9. The smallest absolute Gasteiger partial charge is 0.237 e. The van der Waals surface area contributed by atoms with Gasteiger partial charge in [0.25, 0.3) is 0 Å². The number of nitrogens with zero attached hydrogens (tertiary/aromatic N) is 6.